The van der Waals surface area contributed by atoms with Crippen LogP contribution in [0.25, 0.3) is 0 Å². The van der Waals surface area contributed by atoms with Gasteiger partial charge in [0.15, 0.2) is 0 Å². The smallest absolute Gasteiger partial charge is 0.123 e. The number of nitrogens with zero attached hydrogens (tertiary/aromatic N) is 1. The Morgan fingerprint density at radius 1 is 1.00 bits per heavy atom. The zero-order chi connectivity index (χ0) is 14.1. The highest BCUT2D eigenvalue weighted by molar-refractivity contribution is 5.49. The first-order valence-electron chi connectivity index (χ1n) is 6.27. The lowest BCUT2D eigenvalue weighted by molar-refractivity contribution is 0.422. The van der Waals surface area contributed by atoms with Gasteiger partial charge in [-0.1, -0.05) is 41.5 Å². The molecule has 0 saturated carbocycles. The van der Waals surface area contributed by atoms with E-state index in [-0.39, 0.29) is 10.8 Å². The molecule has 0 aliphatic heterocycles. The molecule has 0 aromatic heterocycles. The summed E-state index contributed by atoms with van der Waals surface area (Å²) in [5.74, 6) is 0.378. The monoisotopic (exact) mass is 248 g/mol. The summed E-state index contributed by atoms with van der Waals surface area (Å²) in [5.41, 5.74) is 9.60. The maximum Gasteiger partial charge on any atom is 0.123 e. The largest absolute Gasteiger partial charge is 0.507 e. The maximum absolute atomic E-state index is 10.5. The van der Waals surface area contributed by atoms with E-state index in [0.717, 1.165) is 16.7 Å². The molecular weight excluding hydrogens is 224 g/mol. The number of phenolic OH excluding ortho intramolecular Hbond substituents is 1. The second-order valence-corrected chi connectivity index (χ2v) is 6.86. The van der Waals surface area contributed by atoms with Crippen LogP contribution in [0.15, 0.2) is 17.2 Å². The number of hydrogen-bond donors (Lipinski definition) is 2. The van der Waals surface area contributed by atoms with E-state index in [9.17, 15) is 5.11 Å². The lowest BCUT2D eigenvalue weighted by atomic mass is 9.78. The molecule has 2 N–H and O–H groups in total. The summed E-state index contributed by atoms with van der Waals surface area (Å²) in [6.45, 7) is 12.8. The van der Waals surface area contributed by atoms with Gasteiger partial charge in [-0.2, -0.15) is 5.11 Å². The van der Waals surface area contributed by atoms with E-state index in [1.165, 1.54) is 0 Å². The third-order valence-electron chi connectivity index (χ3n) is 3.05. The fraction of sp³-hybridized carbons (Fsp3) is 0.600. The second-order valence-electron chi connectivity index (χ2n) is 6.86. The summed E-state index contributed by atoms with van der Waals surface area (Å²) in [6.07, 6.45) is 0. The van der Waals surface area contributed by atoms with Crippen LogP contribution >= 0.6 is 0 Å². The molecule has 0 aliphatic carbocycles. The van der Waals surface area contributed by atoms with Gasteiger partial charge in [0.2, 0.25) is 0 Å². The Bertz CT molecular complexity index is 416. The molecule has 0 radical (unpaired) electrons. The van der Waals surface area contributed by atoms with Crippen molar-refractivity contribution in [2.75, 3.05) is 0 Å². The molecule has 0 fully saturated rings. The molecule has 1 rings (SSSR count). The lowest BCUT2D eigenvalue weighted by Gasteiger charge is -2.28. The van der Waals surface area contributed by atoms with Gasteiger partial charge in [-0.25, -0.2) is 5.53 Å². The van der Waals surface area contributed by atoms with E-state index in [0.29, 0.717) is 12.3 Å². The van der Waals surface area contributed by atoms with Crippen molar-refractivity contribution < 1.29 is 5.11 Å². The lowest BCUT2D eigenvalue weighted by Crippen LogP contribution is -2.17. The standard InChI is InChI=1S/C15H24N2O/c1-14(2,3)11-7-10(9-17-16)8-12(13(11)18)15(4,5)6/h7-8,16,18H,9H2,1-6H3. The topological polar surface area (TPSA) is 56.4 Å². The maximum atomic E-state index is 10.5. The highest BCUT2D eigenvalue weighted by atomic mass is 16.3. The number of rotatable bonds is 2. The predicted octanol–water partition coefficient (Wildman–Crippen LogP) is 4.52. The molecule has 1 aromatic carbocycles. The average Bonchev–Trinajstić information content (AvgIpc) is 2.17. The summed E-state index contributed by atoms with van der Waals surface area (Å²) >= 11 is 0. The van der Waals surface area contributed by atoms with Gasteiger partial charge in [-0.05, 0) is 39.7 Å². The molecule has 0 unspecified atom stereocenters. The Kier molecular flexibility index (Phi) is 3.84. The van der Waals surface area contributed by atoms with E-state index in [1.807, 2.05) is 12.1 Å². The molecule has 0 aliphatic rings. The molecular formula is C15H24N2O. The molecule has 1 aromatic rings. The van der Waals surface area contributed by atoms with Gasteiger partial charge in [0, 0.05) is 0 Å². The Balaban J connectivity index is 3.53. The van der Waals surface area contributed by atoms with E-state index in [1.54, 1.807) is 0 Å². The normalized spacial score (nSPS) is 12.6. The van der Waals surface area contributed by atoms with E-state index in [4.69, 9.17) is 5.53 Å². The number of phenols is 1. The zero-order valence-electron chi connectivity index (χ0n) is 12.3. The molecule has 3 nitrogen and oxygen atoms in total. The molecule has 0 atom stereocenters. The highest BCUT2D eigenvalue weighted by Gasteiger charge is 2.26. The van der Waals surface area contributed by atoms with E-state index >= 15 is 0 Å². The second kappa shape index (κ2) is 4.71. The molecule has 3 heteroatoms. The van der Waals surface area contributed by atoms with Gasteiger partial charge in [-0.3, -0.25) is 0 Å². The van der Waals surface area contributed by atoms with Crippen LogP contribution in [-0.2, 0) is 17.4 Å². The van der Waals surface area contributed by atoms with Gasteiger partial charge in [0.25, 0.3) is 0 Å². The van der Waals surface area contributed by atoms with Gasteiger partial charge in [0.05, 0.1) is 6.54 Å². The Hall–Kier alpha value is -1.38. The van der Waals surface area contributed by atoms with Crippen LogP contribution in [0.4, 0.5) is 0 Å². The van der Waals surface area contributed by atoms with Crippen molar-refractivity contribution in [1.29, 1.82) is 5.53 Å². The van der Waals surface area contributed by atoms with Crippen LogP contribution in [0.2, 0.25) is 0 Å². The molecule has 0 amide bonds. The fourth-order valence-electron chi connectivity index (χ4n) is 2.02. The molecule has 0 bridgehead atoms. The van der Waals surface area contributed by atoms with Crippen LogP contribution in [-0.4, -0.2) is 5.11 Å². The third kappa shape index (κ3) is 3.09. The van der Waals surface area contributed by atoms with Gasteiger partial charge < -0.3 is 5.11 Å². The van der Waals surface area contributed by atoms with Crippen LogP contribution in [0, 0.1) is 5.53 Å². The minimum atomic E-state index is -0.123. The summed E-state index contributed by atoms with van der Waals surface area (Å²) in [5, 5.41) is 13.9. The van der Waals surface area contributed by atoms with Crippen molar-refractivity contribution in [3.05, 3.63) is 28.8 Å². The van der Waals surface area contributed by atoms with Gasteiger partial charge >= 0.3 is 0 Å². The van der Waals surface area contributed by atoms with Crippen LogP contribution < -0.4 is 0 Å². The highest BCUT2D eigenvalue weighted by Crippen LogP contribution is 2.39. The number of hydrogen-bond acceptors (Lipinski definition) is 3. The fourth-order valence-corrected chi connectivity index (χ4v) is 2.02. The third-order valence-corrected chi connectivity index (χ3v) is 3.05. The average molecular weight is 248 g/mol. The predicted molar refractivity (Wildman–Crippen MR) is 74.4 cm³/mol. The van der Waals surface area contributed by atoms with Crippen molar-refractivity contribution >= 4 is 0 Å². The van der Waals surface area contributed by atoms with E-state index in [2.05, 4.69) is 46.7 Å². The van der Waals surface area contributed by atoms with Crippen molar-refractivity contribution in [2.24, 2.45) is 5.11 Å². The van der Waals surface area contributed by atoms with Crippen LogP contribution in [0.5, 0.6) is 5.75 Å². The molecule has 0 heterocycles. The Morgan fingerprint density at radius 2 is 1.39 bits per heavy atom. The summed E-state index contributed by atoms with van der Waals surface area (Å²) in [6, 6.07) is 3.92. The zero-order valence-corrected chi connectivity index (χ0v) is 12.3. The molecule has 0 saturated heterocycles. The van der Waals surface area contributed by atoms with E-state index < -0.39 is 0 Å². The quantitative estimate of drug-likeness (QED) is 0.743. The SMILES string of the molecule is CC(C)(C)c1cc(CN=N)cc(C(C)(C)C)c1O. The first-order valence-corrected chi connectivity index (χ1v) is 6.27. The van der Waals surface area contributed by atoms with Crippen LogP contribution in [0.3, 0.4) is 0 Å². The molecule has 100 valence electrons. The van der Waals surface area contributed by atoms with Crippen molar-refractivity contribution in [3.8, 4) is 5.75 Å². The molecule has 0 spiro atoms. The first kappa shape index (κ1) is 14.7. The number of benzene rings is 1. The van der Waals surface area contributed by atoms with Crippen molar-refractivity contribution in [3.63, 3.8) is 0 Å². The summed E-state index contributed by atoms with van der Waals surface area (Å²) in [7, 11) is 0. The summed E-state index contributed by atoms with van der Waals surface area (Å²) < 4.78 is 0. The number of aromatic hydroxyl groups is 1. The van der Waals surface area contributed by atoms with Gasteiger partial charge in [0.1, 0.15) is 5.75 Å². The minimum absolute atomic E-state index is 0.123. The molecule has 18 heavy (non-hydrogen) atoms. The van der Waals surface area contributed by atoms with Crippen molar-refractivity contribution in [1.82, 2.24) is 0 Å². The number of nitrogens with one attached hydrogen (secondary N) is 1. The minimum Gasteiger partial charge on any atom is -0.507 e. The summed E-state index contributed by atoms with van der Waals surface area (Å²) in [4.78, 5) is 0. The van der Waals surface area contributed by atoms with Crippen molar-refractivity contribution in [2.45, 2.75) is 58.9 Å². The first-order chi connectivity index (χ1) is 8.07. The Morgan fingerprint density at radius 3 is 1.67 bits per heavy atom. The van der Waals surface area contributed by atoms with Gasteiger partial charge in [-0.15, -0.1) is 0 Å². The van der Waals surface area contributed by atoms with Crippen LogP contribution in [0.1, 0.15) is 58.2 Å². The Labute approximate surface area is 110 Å².